The van der Waals surface area contributed by atoms with Crippen LogP contribution in [0.4, 0.5) is 8.78 Å². The molecular formula is C16H14BrClF2O. The Labute approximate surface area is 136 Å². The quantitative estimate of drug-likeness (QED) is 0.596. The molecule has 0 aliphatic heterocycles. The Hall–Kier alpha value is -1.13. The van der Waals surface area contributed by atoms with Crippen molar-refractivity contribution in [3.05, 3.63) is 63.6 Å². The van der Waals surface area contributed by atoms with E-state index in [1.807, 2.05) is 6.92 Å². The number of rotatable bonds is 5. The molecule has 1 unspecified atom stereocenters. The monoisotopic (exact) mass is 374 g/mol. The Morgan fingerprint density at radius 3 is 2.43 bits per heavy atom. The minimum atomic E-state index is -0.900. The second kappa shape index (κ2) is 7.23. The van der Waals surface area contributed by atoms with Gasteiger partial charge in [0.1, 0.15) is 17.4 Å². The molecule has 0 amide bonds. The average molecular weight is 376 g/mol. The fourth-order valence-corrected chi connectivity index (χ4v) is 2.78. The predicted octanol–water partition coefficient (Wildman–Crippen LogP) is 5.84. The van der Waals surface area contributed by atoms with E-state index >= 15 is 0 Å². The number of ether oxygens (including phenoxy) is 1. The molecule has 0 saturated heterocycles. The third kappa shape index (κ3) is 3.74. The molecule has 5 heteroatoms. The summed E-state index contributed by atoms with van der Waals surface area (Å²) in [7, 11) is 0. The zero-order valence-corrected chi connectivity index (χ0v) is 13.7. The minimum absolute atomic E-state index is 0.145. The van der Waals surface area contributed by atoms with Gasteiger partial charge in [0.05, 0.1) is 16.5 Å². The van der Waals surface area contributed by atoms with Gasteiger partial charge in [0.2, 0.25) is 0 Å². The molecule has 2 rings (SSSR count). The van der Waals surface area contributed by atoms with Crippen molar-refractivity contribution in [3.8, 4) is 5.75 Å². The van der Waals surface area contributed by atoms with Gasteiger partial charge < -0.3 is 4.74 Å². The summed E-state index contributed by atoms with van der Waals surface area (Å²) in [5, 5.41) is -0.900. The third-order valence-corrected chi connectivity index (χ3v) is 4.05. The Balaban J connectivity index is 2.32. The van der Waals surface area contributed by atoms with Crippen LogP contribution in [-0.2, 0) is 0 Å². The molecule has 0 heterocycles. The van der Waals surface area contributed by atoms with Crippen molar-refractivity contribution in [1.29, 1.82) is 0 Å². The van der Waals surface area contributed by atoms with Gasteiger partial charge in [-0.1, -0.05) is 19.1 Å². The van der Waals surface area contributed by atoms with Crippen molar-refractivity contribution in [2.24, 2.45) is 0 Å². The highest BCUT2D eigenvalue weighted by Gasteiger charge is 2.20. The molecule has 0 saturated carbocycles. The van der Waals surface area contributed by atoms with Crippen LogP contribution in [0.5, 0.6) is 5.75 Å². The molecular weight excluding hydrogens is 362 g/mol. The molecule has 0 radical (unpaired) electrons. The molecule has 1 atom stereocenters. The van der Waals surface area contributed by atoms with Gasteiger partial charge in [0.25, 0.3) is 0 Å². The van der Waals surface area contributed by atoms with Crippen LogP contribution in [0.25, 0.3) is 0 Å². The van der Waals surface area contributed by atoms with E-state index in [-0.39, 0.29) is 5.56 Å². The van der Waals surface area contributed by atoms with Crippen molar-refractivity contribution in [2.75, 3.05) is 6.61 Å². The Morgan fingerprint density at radius 2 is 1.86 bits per heavy atom. The summed E-state index contributed by atoms with van der Waals surface area (Å²) in [4.78, 5) is 0. The van der Waals surface area contributed by atoms with Crippen LogP contribution in [0.2, 0.25) is 0 Å². The van der Waals surface area contributed by atoms with E-state index in [1.54, 1.807) is 18.2 Å². The van der Waals surface area contributed by atoms with E-state index in [0.717, 1.165) is 6.42 Å². The smallest absolute Gasteiger partial charge is 0.133 e. The van der Waals surface area contributed by atoms with Crippen molar-refractivity contribution in [3.63, 3.8) is 0 Å². The topological polar surface area (TPSA) is 9.23 Å². The molecule has 21 heavy (non-hydrogen) atoms. The van der Waals surface area contributed by atoms with Crippen LogP contribution < -0.4 is 4.74 Å². The lowest BCUT2D eigenvalue weighted by molar-refractivity contribution is 0.315. The van der Waals surface area contributed by atoms with E-state index in [2.05, 4.69) is 15.9 Å². The molecule has 2 aromatic carbocycles. The number of alkyl halides is 1. The number of hydrogen-bond donors (Lipinski definition) is 0. The van der Waals surface area contributed by atoms with E-state index in [0.29, 0.717) is 22.4 Å². The first-order valence-electron chi connectivity index (χ1n) is 6.54. The van der Waals surface area contributed by atoms with Crippen LogP contribution in [0.15, 0.2) is 40.9 Å². The largest absolute Gasteiger partial charge is 0.492 e. The first-order valence-corrected chi connectivity index (χ1v) is 7.77. The van der Waals surface area contributed by atoms with Crippen LogP contribution in [0.3, 0.4) is 0 Å². The molecule has 2 aromatic rings. The van der Waals surface area contributed by atoms with Crippen molar-refractivity contribution in [2.45, 2.75) is 18.7 Å². The number of halogens is 4. The summed E-state index contributed by atoms with van der Waals surface area (Å²) in [5.74, 6) is -0.631. The normalized spacial score (nSPS) is 12.2. The maximum atomic E-state index is 13.8. The Kier molecular flexibility index (Phi) is 5.59. The SMILES string of the molecule is CCCOc1ccc(C(Cl)c2c(F)cccc2F)cc1Br. The maximum absolute atomic E-state index is 13.8. The fraction of sp³-hybridized carbons (Fsp3) is 0.250. The lowest BCUT2D eigenvalue weighted by Gasteiger charge is -2.14. The summed E-state index contributed by atoms with van der Waals surface area (Å²) in [6.45, 7) is 2.61. The summed E-state index contributed by atoms with van der Waals surface area (Å²) >= 11 is 9.61. The second-order valence-electron chi connectivity index (χ2n) is 4.54. The molecule has 0 aromatic heterocycles. The zero-order valence-electron chi connectivity index (χ0n) is 11.4. The predicted molar refractivity (Wildman–Crippen MR) is 84.0 cm³/mol. The number of benzene rings is 2. The minimum Gasteiger partial charge on any atom is -0.492 e. The highest BCUT2D eigenvalue weighted by atomic mass is 79.9. The summed E-state index contributed by atoms with van der Waals surface area (Å²) < 4.78 is 33.8. The highest BCUT2D eigenvalue weighted by molar-refractivity contribution is 9.10. The lowest BCUT2D eigenvalue weighted by Crippen LogP contribution is -2.02. The van der Waals surface area contributed by atoms with Gasteiger partial charge in [0, 0.05) is 5.56 Å². The van der Waals surface area contributed by atoms with Gasteiger partial charge in [-0.3, -0.25) is 0 Å². The molecule has 0 aliphatic carbocycles. The fourth-order valence-electron chi connectivity index (χ4n) is 1.92. The van der Waals surface area contributed by atoms with Gasteiger partial charge >= 0.3 is 0 Å². The van der Waals surface area contributed by atoms with E-state index < -0.39 is 17.0 Å². The Morgan fingerprint density at radius 1 is 1.19 bits per heavy atom. The van der Waals surface area contributed by atoms with Crippen molar-refractivity contribution < 1.29 is 13.5 Å². The van der Waals surface area contributed by atoms with Crippen LogP contribution >= 0.6 is 27.5 Å². The van der Waals surface area contributed by atoms with E-state index in [4.69, 9.17) is 16.3 Å². The summed E-state index contributed by atoms with van der Waals surface area (Å²) in [6.07, 6.45) is 0.896. The molecule has 0 N–H and O–H groups in total. The molecule has 0 fully saturated rings. The molecule has 0 spiro atoms. The van der Waals surface area contributed by atoms with Crippen molar-refractivity contribution >= 4 is 27.5 Å². The van der Waals surface area contributed by atoms with Gasteiger partial charge in [-0.25, -0.2) is 8.78 Å². The lowest BCUT2D eigenvalue weighted by atomic mass is 10.0. The van der Waals surface area contributed by atoms with Gasteiger partial charge in [0.15, 0.2) is 0 Å². The molecule has 1 nitrogen and oxygen atoms in total. The van der Waals surface area contributed by atoms with E-state index in [1.165, 1.54) is 18.2 Å². The maximum Gasteiger partial charge on any atom is 0.133 e. The van der Waals surface area contributed by atoms with Gasteiger partial charge in [-0.05, 0) is 52.2 Å². The second-order valence-corrected chi connectivity index (χ2v) is 5.83. The van der Waals surface area contributed by atoms with Gasteiger partial charge in [-0.2, -0.15) is 0 Å². The first-order chi connectivity index (χ1) is 10.0. The van der Waals surface area contributed by atoms with Crippen LogP contribution in [0, 0.1) is 11.6 Å². The zero-order chi connectivity index (χ0) is 15.4. The van der Waals surface area contributed by atoms with Crippen LogP contribution in [-0.4, -0.2) is 6.61 Å². The van der Waals surface area contributed by atoms with Gasteiger partial charge in [-0.15, -0.1) is 11.6 Å². The van der Waals surface area contributed by atoms with Crippen LogP contribution in [0.1, 0.15) is 29.8 Å². The third-order valence-electron chi connectivity index (χ3n) is 2.96. The molecule has 0 bridgehead atoms. The summed E-state index contributed by atoms with van der Waals surface area (Å²) in [5.41, 5.74) is 0.449. The highest BCUT2D eigenvalue weighted by Crippen LogP contribution is 2.36. The standard InChI is InChI=1S/C16H14BrClF2O/c1-2-8-21-14-7-6-10(9-11(14)17)16(18)15-12(19)4-3-5-13(15)20/h3-7,9,16H,2,8H2,1H3. The molecule has 112 valence electrons. The first kappa shape index (κ1) is 16.2. The molecule has 0 aliphatic rings. The average Bonchev–Trinajstić information content (AvgIpc) is 2.45. The van der Waals surface area contributed by atoms with E-state index in [9.17, 15) is 8.78 Å². The summed E-state index contributed by atoms with van der Waals surface area (Å²) in [6, 6.07) is 8.87. The van der Waals surface area contributed by atoms with Crippen molar-refractivity contribution in [1.82, 2.24) is 0 Å². The number of hydrogen-bond acceptors (Lipinski definition) is 1. The Bertz CT molecular complexity index is 613.